The van der Waals surface area contributed by atoms with Crippen molar-refractivity contribution in [3.63, 3.8) is 0 Å². The van der Waals surface area contributed by atoms with Gasteiger partial charge in [0.2, 0.25) is 5.78 Å². The van der Waals surface area contributed by atoms with Crippen LogP contribution in [0.2, 0.25) is 0 Å². The number of nitrogens with two attached hydrogens (primary N) is 1. The summed E-state index contributed by atoms with van der Waals surface area (Å²) in [5, 5.41) is 2.53. The standard InChI is InChI=1S/C9H19N3O2/c1-4-5-7(12-10)8(13)9(14)11-6(2)3/h6-7,12H,4-5,10H2,1-3H3,(H,11,14). The Morgan fingerprint density at radius 1 is 1.36 bits per heavy atom. The Bertz CT molecular complexity index is 204. The van der Waals surface area contributed by atoms with E-state index < -0.39 is 17.7 Å². The highest BCUT2D eigenvalue weighted by Crippen LogP contribution is 1.97. The number of carbonyl (C=O) groups excluding carboxylic acids is 2. The van der Waals surface area contributed by atoms with Crippen LogP contribution in [0.5, 0.6) is 0 Å². The van der Waals surface area contributed by atoms with Crippen molar-refractivity contribution in [2.24, 2.45) is 5.84 Å². The summed E-state index contributed by atoms with van der Waals surface area (Å²) in [5.74, 6) is 4.11. The van der Waals surface area contributed by atoms with Gasteiger partial charge in [-0.2, -0.15) is 0 Å². The Morgan fingerprint density at radius 3 is 2.29 bits per heavy atom. The van der Waals surface area contributed by atoms with Crippen molar-refractivity contribution < 1.29 is 9.59 Å². The first-order valence-electron chi connectivity index (χ1n) is 4.83. The van der Waals surface area contributed by atoms with Crippen LogP contribution in [-0.4, -0.2) is 23.8 Å². The molecule has 0 aliphatic rings. The van der Waals surface area contributed by atoms with Gasteiger partial charge in [-0.15, -0.1) is 0 Å². The van der Waals surface area contributed by atoms with Crippen LogP contribution in [0.1, 0.15) is 33.6 Å². The minimum atomic E-state index is -0.573. The SMILES string of the molecule is CCCC(NN)C(=O)C(=O)NC(C)C. The number of hydrazine groups is 1. The van der Waals surface area contributed by atoms with E-state index in [0.717, 1.165) is 6.42 Å². The number of ketones is 1. The molecule has 0 bridgehead atoms. The average Bonchev–Trinajstić information content (AvgIpc) is 2.12. The third kappa shape index (κ3) is 4.34. The zero-order valence-electron chi connectivity index (χ0n) is 8.96. The molecular weight excluding hydrogens is 182 g/mol. The predicted octanol–water partition coefficient (Wildman–Crippen LogP) is -0.288. The summed E-state index contributed by atoms with van der Waals surface area (Å²) in [6, 6.07) is -0.606. The highest BCUT2D eigenvalue weighted by atomic mass is 16.2. The lowest BCUT2D eigenvalue weighted by Crippen LogP contribution is -2.49. The third-order valence-electron chi connectivity index (χ3n) is 1.74. The molecule has 0 saturated carbocycles. The van der Waals surface area contributed by atoms with E-state index in [0.29, 0.717) is 6.42 Å². The minimum Gasteiger partial charge on any atom is -0.347 e. The van der Waals surface area contributed by atoms with Crippen molar-refractivity contribution >= 4 is 11.7 Å². The van der Waals surface area contributed by atoms with Gasteiger partial charge in [0.25, 0.3) is 5.91 Å². The van der Waals surface area contributed by atoms with Gasteiger partial charge in [0, 0.05) is 6.04 Å². The fourth-order valence-electron chi connectivity index (χ4n) is 1.07. The maximum absolute atomic E-state index is 11.4. The van der Waals surface area contributed by atoms with E-state index in [1.54, 1.807) is 13.8 Å². The third-order valence-corrected chi connectivity index (χ3v) is 1.74. The van der Waals surface area contributed by atoms with Crippen molar-refractivity contribution in [2.75, 3.05) is 0 Å². The van der Waals surface area contributed by atoms with Gasteiger partial charge in [-0.1, -0.05) is 13.3 Å². The van der Waals surface area contributed by atoms with Gasteiger partial charge in [-0.3, -0.25) is 15.4 Å². The smallest absolute Gasteiger partial charge is 0.289 e. The molecule has 0 aromatic heterocycles. The van der Waals surface area contributed by atoms with Crippen molar-refractivity contribution in [3.05, 3.63) is 0 Å². The van der Waals surface area contributed by atoms with Crippen LogP contribution in [0.3, 0.4) is 0 Å². The van der Waals surface area contributed by atoms with Gasteiger partial charge in [-0.05, 0) is 20.3 Å². The number of rotatable bonds is 6. The minimum absolute atomic E-state index is 0.0356. The molecule has 0 aliphatic carbocycles. The van der Waals surface area contributed by atoms with Gasteiger partial charge in [0.1, 0.15) is 0 Å². The molecule has 1 atom stereocenters. The zero-order valence-corrected chi connectivity index (χ0v) is 8.96. The molecule has 5 heteroatoms. The van der Waals surface area contributed by atoms with E-state index in [1.165, 1.54) is 0 Å². The van der Waals surface area contributed by atoms with Crippen LogP contribution >= 0.6 is 0 Å². The number of amides is 1. The summed E-state index contributed by atoms with van der Waals surface area (Å²) >= 11 is 0. The number of carbonyl (C=O) groups is 2. The molecule has 1 unspecified atom stereocenters. The lowest BCUT2D eigenvalue weighted by Gasteiger charge is -2.14. The average molecular weight is 201 g/mol. The second-order valence-corrected chi connectivity index (χ2v) is 3.50. The van der Waals surface area contributed by atoms with E-state index in [1.807, 2.05) is 6.92 Å². The van der Waals surface area contributed by atoms with Gasteiger partial charge < -0.3 is 5.32 Å². The molecule has 0 rings (SSSR count). The quantitative estimate of drug-likeness (QED) is 0.313. The van der Waals surface area contributed by atoms with Crippen LogP contribution in [-0.2, 0) is 9.59 Å². The van der Waals surface area contributed by atoms with Gasteiger partial charge in [0.15, 0.2) is 0 Å². The fourth-order valence-corrected chi connectivity index (χ4v) is 1.07. The Kier molecular flexibility index (Phi) is 6.07. The van der Waals surface area contributed by atoms with Crippen LogP contribution in [0.4, 0.5) is 0 Å². The van der Waals surface area contributed by atoms with Crippen LogP contribution in [0, 0.1) is 0 Å². The fraction of sp³-hybridized carbons (Fsp3) is 0.778. The molecule has 0 aliphatic heterocycles. The predicted molar refractivity (Wildman–Crippen MR) is 54.3 cm³/mol. The molecular formula is C9H19N3O2. The first kappa shape index (κ1) is 13.1. The summed E-state index contributed by atoms with van der Waals surface area (Å²) < 4.78 is 0. The molecule has 0 spiro atoms. The molecule has 82 valence electrons. The lowest BCUT2D eigenvalue weighted by atomic mass is 10.1. The van der Waals surface area contributed by atoms with Crippen LogP contribution in [0.25, 0.3) is 0 Å². The second-order valence-electron chi connectivity index (χ2n) is 3.50. The summed E-state index contributed by atoms with van der Waals surface area (Å²) in [6.45, 7) is 5.53. The summed E-state index contributed by atoms with van der Waals surface area (Å²) in [4.78, 5) is 22.7. The highest BCUT2D eigenvalue weighted by Gasteiger charge is 2.23. The first-order valence-corrected chi connectivity index (χ1v) is 4.83. The van der Waals surface area contributed by atoms with Crippen molar-refractivity contribution in [2.45, 2.75) is 45.7 Å². The maximum atomic E-state index is 11.4. The Labute approximate surface area is 84.4 Å². The van der Waals surface area contributed by atoms with Crippen LogP contribution in [0.15, 0.2) is 0 Å². The van der Waals surface area contributed by atoms with E-state index in [2.05, 4.69) is 10.7 Å². The number of hydrogen-bond acceptors (Lipinski definition) is 4. The van der Waals surface area contributed by atoms with Gasteiger partial charge >= 0.3 is 0 Å². The largest absolute Gasteiger partial charge is 0.347 e. The van der Waals surface area contributed by atoms with Crippen molar-refractivity contribution in [1.82, 2.24) is 10.7 Å². The molecule has 14 heavy (non-hydrogen) atoms. The lowest BCUT2D eigenvalue weighted by molar-refractivity contribution is -0.139. The number of hydrogen-bond donors (Lipinski definition) is 3. The van der Waals surface area contributed by atoms with Crippen molar-refractivity contribution in [3.8, 4) is 0 Å². The number of nitrogens with one attached hydrogen (secondary N) is 2. The molecule has 0 heterocycles. The molecule has 0 radical (unpaired) electrons. The van der Waals surface area contributed by atoms with Crippen LogP contribution < -0.4 is 16.6 Å². The Morgan fingerprint density at radius 2 is 1.93 bits per heavy atom. The highest BCUT2D eigenvalue weighted by molar-refractivity contribution is 6.38. The van der Waals surface area contributed by atoms with Gasteiger partial charge in [0.05, 0.1) is 6.04 Å². The van der Waals surface area contributed by atoms with E-state index in [9.17, 15) is 9.59 Å². The molecule has 0 aromatic rings. The van der Waals surface area contributed by atoms with E-state index in [4.69, 9.17) is 5.84 Å². The topological polar surface area (TPSA) is 84.2 Å². The molecule has 0 aromatic carbocycles. The normalized spacial score (nSPS) is 12.6. The second kappa shape index (κ2) is 6.50. The van der Waals surface area contributed by atoms with E-state index >= 15 is 0 Å². The summed E-state index contributed by atoms with van der Waals surface area (Å²) in [5.41, 5.74) is 2.35. The maximum Gasteiger partial charge on any atom is 0.289 e. The molecule has 4 N–H and O–H groups in total. The summed E-state index contributed by atoms with van der Waals surface area (Å²) in [6.07, 6.45) is 1.37. The number of Topliss-reactive ketones (excluding diaryl/α,β-unsaturated/α-hetero) is 1. The van der Waals surface area contributed by atoms with E-state index in [-0.39, 0.29) is 6.04 Å². The first-order chi connectivity index (χ1) is 6.52. The Hall–Kier alpha value is -0.940. The monoisotopic (exact) mass is 201 g/mol. The van der Waals surface area contributed by atoms with Crippen molar-refractivity contribution in [1.29, 1.82) is 0 Å². The summed E-state index contributed by atoms with van der Waals surface area (Å²) in [7, 11) is 0. The zero-order chi connectivity index (χ0) is 11.1. The Balaban J connectivity index is 4.20. The van der Waals surface area contributed by atoms with Gasteiger partial charge in [-0.25, -0.2) is 5.43 Å². The molecule has 1 amide bonds. The molecule has 0 fully saturated rings. The molecule has 0 saturated heterocycles. The molecule has 5 nitrogen and oxygen atoms in total.